The molecule has 24 heavy (non-hydrogen) atoms. The second-order valence-electron chi connectivity index (χ2n) is 7.31. The summed E-state index contributed by atoms with van der Waals surface area (Å²) in [5, 5.41) is 0. The Balaban J connectivity index is 1.59. The SMILES string of the molecule is CC1CC1C(=O)N1CCc2cc(S(=O)(=O)N3CCCCC3)ccc21. The van der Waals surface area contributed by atoms with E-state index in [0.717, 1.165) is 43.4 Å². The zero-order chi connectivity index (χ0) is 16.9. The molecule has 1 aliphatic carbocycles. The lowest BCUT2D eigenvalue weighted by molar-refractivity contribution is -0.119. The van der Waals surface area contributed by atoms with E-state index in [1.54, 1.807) is 16.4 Å². The number of benzene rings is 1. The van der Waals surface area contributed by atoms with E-state index in [1.165, 1.54) is 0 Å². The molecular formula is C18H24N2O3S. The van der Waals surface area contributed by atoms with Gasteiger partial charge in [-0.05, 0) is 55.4 Å². The molecule has 0 spiro atoms. The smallest absolute Gasteiger partial charge is 0.243 e. The van der Waals surface area contributed by atoms with Gasteiger partial charge >= 0.3 is 0 Å². The molecule has 3 aliphatic rings. The minimum absolute atomic E-state index is 0.160. The van der Waals surface area contributed by atoms with Crippen molar-refractivity contribution >= 4 is 21.6 Å². The lowest BCUT2D eigenvalue weighted by Crippen LogP contribution is -2.35. The lowest BCUT2D eigenvalue weighted by Gasteiger charge is -2.26. The zero-order valence-corrected chi connectivity index (χ0v) is 14.9. The number of hydrogen-bond acceptors (Lipinski definition) is 3. The van der Waals surface area contributed by atoms with Gasteiger partial charge in [0.15, 0.2) is 0 Å². The molecule has 5 nitrogen and oxygen atoms in total. The van der Waals surface area contributed by atoms with Crippen LogP contribution in [0.2, 0.25) is 0 Å². The normalized spacial score (nSPS) is 27.1. The van der Waals surface area contributed by atoms with E-state index in [1.807, 2.05) is 11.0 Å². The third-order valence-corrected chi connectivity index (χ3v) is 7.49. The van der Waals surface area contributed by atoms with Crippen molar-refractivity contribution in [2.24, 2.45) is 11.8 Å². The van der Waals surface area contributed by atoms with Crippen molar-refractivity contribution in [3.8, 4) is 0 Å². The number of carbonyl (C=O) groups excluding carboxylic acids is 1. The molecule has 2 heterocycles. The number of fused-ring (bicyclic) bond motifs is 1. The van der Waals surface area contributed by atoms with E-state index in [-0.39, 0.29) is 11.8 Å². The molecule has 1 aromatic carbocycles. The average Bonchev–Trinajstić information content (AvgIpc) is 3.18. The largest absolute Gasteiger partial charge is 0.312 e. The molecule has 2 aliphatic heterocycles. The summed E-state index contributed by atoms with van der Waals surface area (Å²) in [7, 11) is -3.40. The highest BCUT2D eigenvalue weighted by atomic mass is 32.2. The summed E-state index contributed by atoms with van der Waals surface area (Å²) in [6.45, 7) is 4.01. The molecule has 1 amide bonds. The maximum atomic E-state index is 12.8. The van der Waals surface area contributed by atoms with Gasteiger partial charge < -0.3 is 4.90 Å². The van der Waals surface area contributed by atoms with Crippen LogP contribution in [-0.2, 0) is 21.2 Å². The monoisotopic (exact) mass is 348 g/mol. The van der Waals surface area contributed by atoms with Crippen LogP contribution >= 0.6 is 0 Å². The number of nitrogens with zero attached hydrogens (tertiary/aromatic N) is 2. The van der Waals surface area contributed by atoms with Crippen LogP contribution in [0.1, 0.15) is 38.2 Å². The third kappa shape index (κ3) is 2.65. The van der Waals surface area contributed by atoms with E-state index in [4.69, 9.17) is 0 Å². The maximum Gasteiger partial charge on any atom is 0.243 e. The van der Waals surface area contributed by atoms with Crippen LogP contribution in [0, 0.1) is 11.8 Å². The molecule has 0 N–H and O–H groups in total. The molecule has 1 aromatic rings. The van der Waals surface area contributed by atoms with Gasteiger partial charge in [-0.3, -0.25) is 4.79 Å². The standard InChI is InChI=1S/C18H24N2O3S/c1-13-11-16(13)18(21)20-10-7-14-12-15(5-6-17(14)20)24(22,23)19-8-3-2-4-9-19/h5-6,12-13,16H,2-4,7-11H2,1H3. The summed E-state index contributed by atoms with van der Waals surface area (Å²) in [5.41, 5.74) is 1.88. The molecule has 6 heteroatoms. The first kappa shape index (κ1) is 16.1. The lowest BCUT2D eigenvalue weighted by atomic mass is 10.2. The molecule has 1 saturated carbocycles. The quantitative estimate of drug-likeness (QED) is 0.843. The molecule has 2 atom stereocenters. The minimum Gasteiger partial charge on any atom is -0.312 e. The predicted molar refractivity (Wildman–Crippen MR) is 92.4 cm³/mol. The molecule has 1 saturated heterocycles. The first-order valence-electron chi connectivity index (χ1n) is 8.93. The molecule has 0 aromatic heterocycles. The maximum absolute atomic E-state index is 12.8. The zero-order valence-electron chi connectivity index (χ0n) is 14.1. The highest BCUT2D eigenvalue weighted by Crippen LogP contribution is 2.42. The van der Waals surface area contributed by atoms with Crippen molar-refractivity contribution in [2.45, 2.75) is 43.9 Å². The highest BCUT2D eigenvalue weighted by Gasteiger charge is 2.43. The van der Waals surface area contributed by atoms with Crippen molar-refractivity contribution in [2.75, 3.05) is 24.5 Å². The second kappa shape index (κ2) is 5.85. The Morgan fingerprint density at radius 1 is 1.12 bits per heavy atom. The Bertz CT molecular complexity index is 768. The van der Waals surface area contributed by atoms with E-state index in [9.17, 15) is 13.2 Å². The van der Waals surface area contributed by atoms with E-state index < -0.39 is 10.0 Å². The number of rotatable bonds is 3. The Morgan fingerprint density at radius 2 is 1.83 bits per heavy atom. The minimum atomic E-state index is -3.40. The van der Waals surface area contributed by atoms with Crippen molar-refractivity contribution in [3.05, 3.63) is 23.8 Å². The first-order chi connectivity index (χ1) is 11.5. The number of sulfonamides is 1. The van der Waals surface area contributed by atoms with Gasteiger partial charge in [-0.25, -0.2) is 8.42 Å². The van der Waals surface area contributed by atoms with Gasteiger partial charge in [0.05, 0.1) is 4.90 Å². The molecule has 4 rings (SSSR count). The number of amides is 1. The number of hydrogen-bond donors (Lipinski definition) is 0. The van der Waals surface area contributed by atoms with E-state index in [0.29, 0.717) is 30.4 Å². The van der Waals surface area contributed by atoms with Crippen LogP contribution in [0.25, 0.3) is 0 Å². The Labute approximate surface area is 143 Å². The molecule has 2 unspecified atom stereocenters. The van der Waals surface area contributed by atoms with Crippen LogP contribution < -0.4 is 4.90 Å². The molecule has 2 fully saturated rings. The fourth-order valence-electron chi connectivity index (χ4n) is 3.89. The topological polar surface area (TPSA) is 57.7 Å². The van der Waals surface area contributed by atoms with Gasteiger partial charge in [-0.15, -0.1) is 0 Å². The summed E-state index contributed by atoms with van der Waals surface area (Å²) in [4.78, 5) is 14.7. The summed E-state index contributed by atoms with van der Waals surface area (Å²) < 4.78 is 27.2. The fraction of sp³-hybridized carbons (Fsp3) is 0.611. The van der Waals surface area contributed by atoms with Crippen LogP contribution in [0.15, 0.2) is 23.1 Å². The van der Waals surface area contributed by atoms with Crippen LogP contribution in [0.4, 0.5) is 5.69 Å². The van der Waals surface area contributed by atoms with Crippen molar-refractivity contribution in [3.63, 3.8) is 0 Å². The van der Waals surface area contributed by atoms with Gasteiger partial charge in [0.1, 0.15) is 0 Å². The van der Waals surface area contributed by atoms with E-state index >= 15 is 0 Å². The Hall–Kier alpha value is -1.40. The fourth-order valence-corrected chi connectivity index (χ4v) is 5.46. The highest BCUT2D eigenvalue weighted by molar-refractivity contribution is 7.89. The Kier molecular flexibility index (Phi) is 3.92. The van der Waals surface area contributed by atoms with Crippen molar-refractivity contribution < 1.29 is 13.2 Å². The predicted octanol–water partition coefficient (Wildman–Crippen LogP) is 2.41. The first-order valence-corrected chi connectivity index (χ1v) is 10.4. The van der Waals surface area contributed by atoms with Gasteiger partial charge in [0.25, 0.3) is 0 Å². The van der Waals surface area contributed by atoms with Crippen LogP contribution in [0.5, 0.6) is 0 Å². The molecule has 0 radical (unpaired) electrons. The summed E-state index contributed by atoms with van der Waals surface area (Å²) >= 11 is 0. The van der Waals surface area contributed by atoms with E-state index in [2.05, 4.69) is 6.92 Å². The third-order valence-electron chi connectivity index (χ3n) is 5.59. The molecule has 0 bridgehead atoms. The van der Waals surface area contributed by atoms with Crippen molar-refractivity contribution in [1.29, 1.82) is 0 Å². The van der Waals surface area contributed by atoms with Crippen LogP contribution in [0.3, 0.4) is 0 Å². The summed E-state index contributed by atoms with van der Waals surface area (Å²) in [6, 6.07) is 5.28. The number of carbonyl (C=O) groups is 1. The summed E-state index contributed by atoms with van der Waals surface area (Å²) in [6.07, 6.45) is 4.70. The summed E-state index contributed by atoms with van der Waals surface area (Å²) in [5.74, 6) is 0.848. The molecule has 130 valence electrons. The van der Waals surface area contributed by atoms with Crippen molar-refractivity contribution in [1.82, 2.24) is 4.31 Å². The average molecular weight is 348 g/mol. The molecular weight excluding hydrogens is 324 g/mol. The van der Waals surface area contributed by atoms with Gasteiger partial charge in [0.2, 0.25) is 15.9 Å². The van der Waals surface area contributed by atoms with Gasteiger partial charge in [-0.1, -0.05) is 13.3 Å². The number of anilines is 1. The van der Waals surface area contributed by atoms with Gasteiger partial charge in [-0.2, -0.15) is 4.31 Å². The van der Waals surface area contributed by atoms with Gasteiger partial charge in [0, 0.05) is 31.2 Å². The second-order valence-corrected chi connectivity index (χ2v) is 9.25. The van der Waals surface area contributed by atoms with Crippen LogP contribution in [-0.4, -0.2) is 38.3 Å². The number of piperidine rings is 1. The Morgan fingerprint density at radius 3 is 2.50 bits per heavy atom.